The first kappa shape index (κ1) is 16.3. The summed E-state index contributed by atoms with van der Waals surface area (Å²) < 4.78 is 0. The summed E-state index contributed by atoms with van der Waals surface area (Å²) in [6, 6.07) is -0.0758. The van der Waals surface area contributed by atoms with Crippen LogP contribution in [0.2, 0.25) is 0 Å². The molecule has 2 rings (SSSR count). The fourth-order valence-corrected chi connectivity index (χ4v) is 3.66. The Morgan fingerprint density at radius 1 is 1.19 bits per heavy atom. The normalized spacial score (nSPS) is 28.0. The lowest BCUT2D eigenvalue weighted by atomic mass is 9.83. The third-order valence-corrected chi connectivity index (χ3v) is 5.53. The van der Waals surface area contributed by atoms with Crippen LogP contribution in [0.15, 0.2) is 0 Å². The van der Waals surface area contributed by atoms with Gasteiger partial charge in [0, 0.05) is 19.0 Å². The maximum Gasteiger partial charge on any atom is 0.245 e. The third-order valence-electron chi connectivity index (χ3n) is 5.53. The van der Waals surface area contributed by atoms with E-state index in [1.807, 2.05) is 4.90 Å². The van der Waals surface area contributed by atoms with E-state index in [1.165, 1.54) is 19.3 Å². The van der Waals surface area contributed by atoms with E-state index < -0.39 is 0 Å². The first-order valence-corrected chi connectivity index (χ1v) is 8.64. The summed E-state index contributed by atoms with van der Waals surface area (Å²) in [4.78, 5) is 26.9. The number of carbonyl (C=O) groups excluding carboxylic acids is 2. The van der Waals surface area contributed by atoms with Gasteiger partial charge in [0.15, 0.2) is 0 Å². The number of hydrogen-bond acceptors (Lipinski definition) is 2. The molecule has 1 aliphatic carbocycles. The molecule has 1 saturated carbocycles. The zero-order valence-electron chi connectivity index (χ0n) is 13.7. The zero-order valence-corrected chi connectivity index (χ0v) is 13.7. The Balaban J connectivity index is 2.15. The molecule has 3 atom stereocenters. The van der Waals surface area contributed by atoms with Gasteiger partial charge in [-0.1, -0.05) is 39.5 Å². The summed E-state index contributed by atoms with van der Waals surface area (Å²) in [5, 5.41) is 3.01. The molecular weight excluding hydrogens is 264 g/mol. The van der Waals surface area contributed by atoms with E-state index in [4.69, 9.17) is 0 Å². The first-order chi connectivity index (χ1) is 10.0. The van der Waals surface area contributed by atoms with Crippen LogP contribution in [0.25, 0.3) is 0 Å². The molecule has 1 N–H and O–H groups in total. The number of carbonyl (C=O) groups is 2. The van der Waals surface area contributed by atoms with Gasteiger partial charge < -0.3 is 10.2 Å². The first-order valence-electron chi connectivity index (χ1n) is 8.64. The molecule has 0 radical (unpaired) electrons. The van der Waals surface area contributed by atoms with Crippen LogP contribution < -0.4 is 5.32 Å². The van der Waals surface area contributed by atoms with Crippen molar-refractivity contribution in [1.29, 1.82) is 0 Å². The van der Waals surface area contributed by atoms with Gasteiger partial charge in [-0.05, 0) is 31.6 Å². The number of nitrogens with one attached hydrogen (secondary N) is 1. The van der Waals surface area contributed by atoms with Crippen molar-refractivity contribution in [3.63, 3.8) is 0 Å². The highest BCUT2D eigenvalue weighted by Gasteiger charge is 2.38. The van der Waals surface area contributed by atoms with Gasteiger partial charge in [-0.15, -0.1) is 0 Å². The van der Waals surface area contributed by atoms with E-state index in [0.717, 1.165) is 19.3 Å². The Hall–Kier alpha value is -1.06. The Morgan fingerprint density at radius 3 is 2.48 bits per heavy atom. The molecule has 21 heavy (non-hydrogen) atoms. The van der Waals surface area contributed by atoms with E-state index >= 15 is 0 Å². The van der Waals surface area contributed by atoms with Crippen molar-refractivity contribution in [2.24, 2.45) is 11.8 Å². The molecule has 0 aromatic rings. The lowest BCUT2D eigenvalue weighted by Gasteiger charge is -2.36. The number of hydrogen-bond donors (Lipinski definition) is 1. The third kappa shape index (κ3) is 3.78. The lowest BCUT2D eigenvalue weighted by Crippen LogP contribution is -2.52. The highest BCUT2D eigenvalue weighted by Crippen LogP contribution is 2.29. The second-order valence-electron chi connectivity index (χ2n) is 6.85. The van der Waals surface area contributed by atoms with Gasteiger partial charge in [0.05, 0.1) is 0 Å². The van der Waals surface area contributed by atoms with Crippen molar-refractivity contribution >= 4 is 11.8 Å². The molecular formula is C17H30N2O2. The van der Waals surface area contributed by atoms with Crippen LogP contribution >= 0.6 is 0 Å². The van der Waals surface area contributed by atoms with Crippen molar-refractivity contribution in [1.82, 2.24) is 10.2 Å². The monoisotopic (exact) mass is 294 g/mol. The van der Waals surface area contributed by atoms with Crippen LogP contribution in [-0.4, -0.2) is 35.3 Å². The molecule has 3 unspecified atom stereocenters. The number of nitrogens with zero attached hydrogens (tertiary/aromatic N) is 1. The maximum atomic E-state index is 13.0. The van der Waals surface area contributed by atoms with Crippen LogP contribution in [0.3, 0.4) is 0 Å². The topological polar surface area (TPSA) is 49.4 Å². The Labute approximate surface area is 128 Å². The van der Waals surface area contributed by atoms with E-state index in [0.29, 0.717) is 24.8 Å². The fourth-order valence-electron chi connectivity index (χ4n) is 3.66. The van der Waals surface area contributed by atoms with Crippen LogP contribution in [0.1, 0.15) is 65.7 Å². The molecule has 120 valence electrons. The van der Waals surface area contributed by atoms with Crippen molar-refractivity contribution in [3.05, 3.63) is 0 Å². The highest BCUT2D eigenvalue weighted by molar-refractivity contribution is 5.90. The molecule has 0 bridgehead atoms. The van der Waals surface area contributed by atoms with Gasteiger partial charge in [0.2, 0.25) is 11.8 Å². The standard InChI is InChI=1S/C17H30N2O2/c1-4-12(2)13(3)19-11-10-15(20)18-16(17(19)21)14-8-6-5-7-9-14/h12-14,16H,4-11H2,1-3H3,(H,18,20). The molecule has 4 nitrogen and oxygen atoms in total. The molecule has 0 aromatic carbocycles. The Bertz CT molecular complexity index is 377. The molecule has 1 aliphatic heterocycles. The quantitative estimate of drug-likeness (QED) is 0.866. The average Bonchev–Trinajstić information content (AvgIpc) is 2.66. The smallest absolute Gasteiger partial charge is 0.245 e. The lowest BCUT2D eigenvalue weighted by molar-refractivity contribution is -0.138. The van der Waals surface area contributed by atoms with Gasteiger partial charge in [-0.2, -0.15) is 0 Å². The number of rotatable bonds is 4. The van der Waals surface area contributed by atoms with Crippen molar-refractivity contribution in [2.75, 3.05) is 6.54 Å². The molecule has 1 saturated heterocycles. The summed E-state index contributed by atoms with van der Waals surface area (Å²) in [6.07, 6.45) is 7.27. The summed E-state index contributed by atoms with van der Waals surface area (Å²) >= 11 is 0. The molecule has 2 fully saturated rings. The minimum atomic E-state index is -0.285. The summed E-state index contributed by atoms with van der Waals surface area (Å²) in [6.45, 7) is 7.04. The van der Waals surface area contributed by atoms with Crippen LogP contribution in [-0.2, 0) is 9.59 Å². The van der Waals surface area contributed by atoms with Crippen LogP contribution in [0.4, 0.5) is 0 Å². The SMILES string of the molecule is CCC(C)C(C)N1CCC(=O)NC(C2CCCCC2)C1=O. The van der Waals surface area contributed by atoms with Gasteiger partial charge in [0.1, 0.15) is 6.04 Å². The Kier molecular flexibility index (Phi) is 5.65. The van der Waals surface area contributed by atoms with E-state index in [1.54, 1.807) is 0 Å². The molecule has 4 heteroatoms. The minimum Gasteiger partial charge on any atom is -0.344 e. The van der Waals surface area contributed by atoms with Gasteiger partial charge in [-0.25, -0.2) is 0 Å². The second-order valence-corrected chi connectivity index (χ2v) is 6.85. The van der Waals surface area contributed by atoms with Gasteiger partial charge in [0.25, 0.3) is 0 Å². The van der Waals surface area contributed by atoms with Gasteiger partial charge in [-0.3, -0.25) is 9.59 Å². The van der Waals surface area contributed by atoms with Crippen LogP contribution in [0, 0.1) is 11.8 Å². The van der Waals surface area contributed by atoms with E-state index in [-0.39, 0.29) is 23.9 Å². The minimum absolute atomic E-state index is 0.0396. The highest BCUT2D eigenvalue weighted by atomic mass is 16.2. The number of amides is 2. The largest absolute Gasteiger partial charge is 0.344 e. The summed E-state index contributed by atoms with van der Waals surface area (Å²) in [5.41, 5.74) is 0. The predicted molar refractivity (Wildman–Crippen MR) is 83.8 cm³/mol. The van der Waals surface area contributed by atoms with Crippen molar-refractivity contribution in [3.8, 4) is 0 Å². The maximum absolute atomic E-state index is 13.0. The predicted octanol–water partition coefficient (Wildman–Crippen LogP) is 2.72. The van der Waals surface area contributed by atoms with Crippen LogP contribution in [0.5, 0.6) is 0 Å². The molecule has 2 amide bonds. The molecule has 1 heterocycles. The fraction of sp³-hybridized carbons (Fsp3) is 0.882. The van der Waals surface area contributed by atoms with Gasteiger partial charge >= 0.3 is 0 Å². The summed E-state index contributed by atoms with van der Waals surface area (Å²) in [7, 11) is 0. The van der Waals surface area contributed by atoms with E-state index in [2.05, 4.69) is 26.1 Å². The molecule has 2 aliphatic rings. The zero-order chi connectivity index (χ0) is 15.4. The van der Waals surface area contributed by atoms with Crippen molar-refractivity contribution < 1.29 is 9.59 Å². The van der Waals surface area contributed by atoms with Crippen molar-refractivity contribution in [2.45, 2.75) is 77.8 Å². The summed E-state index contributed by atoms with van der Waals surface area (Å²) in [5.74, 6) is 0.993. The molecule has 0 aromatic heterocycles. The molecule has 0 spiro atoms. The van der Waals surface area contributed by atoms with E-state index in [9.17, 15) is 9.59 Å². The Morgan fingerprint density at radius 2 is 1.86 bits per heavy atom. The average molecular weight is 294 g/mol. The second kappa shape index (κ2) is 7.28.